The molecule has 0 saturated heterocycles. The normalized spacial score (nSPS) is 13.5. The van der Waals surface area contributed by atoms with Crippen molar-refractivity contribution in [2.45, 2.75) is 50.6 Å². The van der Waals surface area contributed by atoms with E-state index in [9.17, 15) is 0 Å². The number of rotatable bonds is 4. The van der Waals surface area contributed by atoms with Gasteiger partial charge in [-0.25, -0.2) is 0 Å². The molecule has 248 valence electrons. The van der Waals surface area contributed by atoms with Crippen LogP contribution in [0.2, 0.25) is 13.1 Å². The molecule has 50 heavy (non-hydrogen) atoms. The van der Waals surface area contributed by atoms with Crippen molar-refractivity contribution in [1.29, 1.82) is 0 Å². The van der Waals surface area contributed by atoms with E-state index in [2.05, 4.69) is 159 Å². The molecule has 2 saturated carbocycles. The van der Waals surface area contributed by atoms with E-state index in [1.54, 1.807) is 23.3 Å². The van der Waals surface area contributed by atoms with Gasteiger partial charge >= 0.3 is 41.9 Å². The van der Waals surface area contributed by atoms with E-state index in [0.29, 0.717) is 0 Å². The van der Waals surface area contributed by atoms with E-state index in [1.807, 2.05) is 0 Å². The van der Waals surface area contributed by atoms with Crippen molar-refractivity contribution in [3.05, 3.63) is 157 Å². The molecule has 2 aliphatic carbocycles. The maximum Gasteiger partial charge on any atom is -0.0114 e. The van der Waals surface area contributed by atoms with Gasteiger partial charge in [-0.2, -0.15) is 12.1 Å². The van der Waals surface area contributed by atoms with E-state index < -0.39 is 0 Å². The smallest absolute Gasteiger partial charge is 0.0114 e. The second-order valence-corrected chi connectivity index (χ2v) is 23.2. The minimum absolute atomic E-state index is 0. The summed E-state index contributed by atoms with van der Waals surface area (Å²) in [6.45, 7) is 4.62. The van der Waals surface area contributed by atoms with Gasteiger partial charge in [0, 0.05) is 0 Å². The average molecular weight is 785 g/mol. The van der Waals surface area contributed by atoms with Crippen LogP contribution in [-0.2, 0) is 23.3 Å². The van der Waals surface area contributed by atoms with Crippen LogP contribution in [0, 0.1) is 0 Å². The van der Waals surface area contributed by atoms with Crippen LogP contribution in [0.3, 0.4) is 0 Å². The Balaban J connectivity index is 0.000000151. The van der Waals surface area contributed by atoms with E-state index in [4.69, 9.17) is 0 Å². The maximum atomic E-state index is 2.42. The second-order valence-electron chi connectivity index (χ2n) is 13.8. The Kier molecular flexibility index (Phi) is 11.7. The van der Waals surface area contributed by atoms with Gasteiger partial charge in [0.05, 0.1) is 0 Å². The second kappa shape index (κ2) is 16.0. The zero-order valence-electron chi connectivity index (χ0n) is 28.7. The van der Waals surface area contributed by atoms with Gasteiger partial charge in [0.25, 0.3) is 0 Å². The molecule has 2 fully saturated rings. The molecule has 0 atom stereocenters. The first-order valence-corrected chi connectivity index (χ1v) is 23.6. The first kappa shape index (κ1) is 36.5. The summed E-state index contributed by atoms with van der Waals surface area (Å²) in [7, 11) is 0. The average Bonchev–Trinajstić information content (AvgIpc) is 4.05. The molecule has 2 aliphatic rings. The summed E-state index contributed by atoms with van der Waals surface area (Å²) in [4.78, 5) is 0. The monoisotopic (exact) mass is 782 g/mol. The van der Waals surface area contributed by atoms with Crippen molar-refractivity contribution in [3.63, 3.8) is 0 Å². The molecule has 8 aromatic carbocycles. The van der Waals surface area contributed by atoms with Gasteiger partial charge < -0.3 is 0 Å². The molecule has 0 nitrogen and oxygen atoms in total. The van der Waals surface area contributed by atoms with Crippen molar-refractivity contribution in [2.24, 2.45) is 0 Å². The van der Waals surface area contributed by atoms with Crippen LogP contribution in [0.4, 0.5) is 0 Å². The summed E-state index contributed by atoms with van der Waals surface area (Å²) in [6, 6.07) is 53.6. The molecular weight excluding hydrogens is 743 g/mol. The molecular formula is C46H42Cl2SiZr. The van der Waals surface area contributed by atoms with Crippen LogP contribution in [0.1, 0.15) is 48.6 Å². The largest absolute Gasteiger partial charge is 0.164 e. The Bertz CT molecular complexity index is 2250. The molecule has 0 bridgehead atoms. The molecule has 0 spiro atoms. The van der Waals surface area contributed by atoms with E-state index in [1.165, 1.54) is 102 Å². The summed E-state index contributed by atoms with van der Waals surface area (Å²) in [5.74, 6) is 1.63. The fraction of sp³-hybridized carbons (Fsp3) is 0.174. The quantitative estimate of drug-likeness (QED) is 0.123. The van der Waals surface area contributed by atoms with Gasteiger partial charge in [-0.1, -0.05) is 108 Å². The Morgan fingerprint density at radius 3 is 1.16 bits per heavy atom. The third kappa shape index (κ3) is 7.80. The summed E-state index contributed by atoms with van der Waals surface area (Å²) in [5, 5.41) is 10.9. The molecule has 0 radical (unpaired) electrons. The van der Waals surface area contributed by atoms with Crippen LogP contribution in [0.5, 0.6) is 0 Å². The van der Waals surface area contributed by atoms with Crippen molar-refractivity contribution in [2.75, 3.05) is 0 Å². The minimum Gasteiger partial charge on any atom is -0.164 e. The minimum atomic E-state index is 0. The molecule has 0 amide bonds. The van der Waals surface area contributed by atoms with Gasteiger partial charge in [0.15, 0.2) is 0 Å². The fourth-order valence-corrected chi connectivity index (χ4v) is 7.21. The van der Waals surface area contributed by atoms with Crippen LogP contribution >= 0.6 is 24.8 Å². The number of benzene rings is 6. The first-order chi connectivity index (χ1) is 23.5. The zero-order chi connectivity index (χ0) is 32.6. The van der Waals surface area contributed by atoms with Gasteiger partial charge in [0.2, 0.25) is 0 Å². The Morgan fingerprint density at radius 1 is 0.460 bits per heavy atom. The summed E-state index contributed by atoms with van der Waals surface area (Å²) >= 11 is 1.74. The number of halogens is 2. The Labute approximate surface area is 323 Å². The van der Waals surface area contributed by atoms with Crippen molar-refractivity contribution in [3.8, 4) is 22.3 Å². The van der Waals surface area contributed by atoms with Crippen LogP contribution in [0.25, 0.3) is 65.3 Å². The van der Waals surface area contributed by atoms with Gasteiger partial charge in [-0.3, -0.25) is 0 Å². The molecule has 0 aromatic heterocycles. The molecule has 0 unspecified atom stereocenters. The Morgan fingerprint density at radius 2 is 0.780 bits per heavy atom. The predicted octanol–water partition coefficient (Wildman–Crippen LogP) is 14.1. The van der Waals surface area contributed by atoms with E-state index in [-0.39, 0.29) is 30.2 Å². The molecule has 10 rings (SSSR count). The molecule has 0 heterocycles. The number of hydrogen-bond donors (Lipinski definition) is 0. The van der Waals surface area contributed by atoms with Crippen molar-refractivity contribution < 1.29 is 23.3 Å². The van der Waals surface area contributed by atoms with Gasteiger partial charge in [0.1, 0.15) is 0 Å². The van der Waals surface area contributed by atoms with Gasteiger partial charge in [-0.15, -0.1) is 93.9 Å². The van der Waals surface area contributed by atoms with Crippen molar-refractivity contribution >= 4 is 73.3 Å². The third-order valence-electron chi connectivity index (χ3n) is 9.80. The molecule has 8 aromatic rings. The van der Waals surface area contributed by atoms with Crippen LogP contribution in [-0.4, -0.2) is 5.43 Å². The van der Waals surface area contributed by atoms with Crippen LogP contribution in [0.15, 0.2) is 146 Å². The number of fused-ring (bicyclic) bond motifs is 4. The third-order valence-corrected chi connectivity index (χ3v) is 9.80. The SMILES string of the molecule is C[Si](C)=[Zr+2].Cl.Cl.c1ccc2c(-c3cccc4[cH-]c(C5CC5)cc34)cccc2c1.c1ccc2c(-c3cccc4[cH-]c(C5CC5)cc34)cccc2c1. The topological polar surface area (TPSA) is 0 Å². The molecule has 4 heteroatoms. The molecule has 0 N–H and O–H groups in total. The summed E-state index contributed by atoms with van der Waals surface area (Å²) in [5.41, 5.74) is 8.68. The molecule has 0 aliphatic heterocycles. The fourth-order valence-electron chi connectivity index (χ4n) is 7.21. The first-order valence-electron chi connectivity index (χ1n) is 17.4. The standard InChI is InChI=1S/2C22H17.C2H6Si.2ClH.Zr/c2*1-2-8-19-16(5-1)6-3-9-20(19)21-10-4-7-17-13-18(14-22(17)21)15-11-12-15;1-3-2;;;/h2*1-10,13-15H,11-12H2;1-2H3;2*1H;/q2*-1;;;;+2. The van der Waals surface area contributed by atoms with Gasteiger partial charge in [-0.05, 0) is 70.2 Å². The Hall–Kier alpha value is -3.26. The van der Waals surface area contributed by atoms with E-state index >= 15 is 0 Å². The summed E-state index contributed by atoms with van der Waals surface area (Å²) < 4.78 is 0. The predicted molar refractivity (Wildman–Crippen MR) is 221 cm³/mol. The summed E-state index contributed by atoms with van der Waals surface area (Å²) in [6.07, 6.45) is 5.44. The van der Waals surface area contributed by atoms with Crippen molar-refractivity contribution in [1.82, 2.24) is 0 Å². The number of hydrogen-bond acceptors (Lipinski definition) is 0. The van der Waals surface area contributed by atoms with E-state index in [0.717, 1.165) is 11.8 Å². The zero-order valence-corrected chi connectivity index (χ0v) is 33.7. The maximum absolute atomic E-state index is 2.42. The van der Waals surface area contributed by atoms with Crippen LogP contribution < -0.4 is 0 Å².